The van der Waals surface area contributed by atoms with Crippen molar-refractivity contribution in [1.82, 2.24) is 4.98 Å². The number of hydrogen-bond acceptors (Lipinski definition) is 2. The fourth-order valence-corrected chi connectivity index (χ4v) is 1.27. The highest BCUT2D eigenvalue weighted by Crippen LogP contribution is 2.25. The fourth-order valence-electron chi connectivity index (χ4n) is 0.744. The third kappa shape index (κ3) is 2.21. The molecule has 0 aliphatic carbocycles. The molecule has 0 aliphatic rings. The molecule has 1 rings (SSSR count). The van der Waals surface area contributed by atoms with Crippen LogP contribution >= 0.6 is 15.9 Å². The fraction of sp³-hybridized carbons (Fsp3) is 0.143. The number of alkyl halides is 2. The van der Waals surface area contributed by atoms with Crippen LogP contribution in [-0.4, -0.2) is 10.9 Å². The highest BCUT2D eigenvalue weighted by Gasteiger charge is 2.14. The molecule has 0 saturated heterocycles. The summed E-state index contributed by atoms with van der Waals surface area (Å²) < 4.78 is 24.4. The van der Waals surface area contributed by atoms with Crippen LogP contribution in [0.5, 0.6) is 0 Å². The summed E-state index contributed by atoms with van der Waals surface area (Å²) in [6, 6.07) is 1.22. The summed E-state index contributed by atoms with van der Waals surface area (Å²) in [6.07, 6.45) is -1.65. The van der Waals surface area contributed by atoms with E-state index in [-0.39, 0.29) is 10.0 Å². The van der Waals surface area contributed by atoms with Gasteiger partial charge in [-0.25, -0.2) is 8.78 Å². The van der Waals surface area contributed by atoms with E-state index in [0.29, 0.717) is 0 Å². The molecule has 0 unspecified atom stereocenters. The van der Waals surface area contributed by atoms with E-state index in [1.165, 1.54) is 6.07 Å². The molecule has 0 bridgehead atoms. The van der Waals surface area contributed by atoms with Crippen molar-refractivity contribution in [3.05, 3.63) is 28.0 Å². The van der Waals surface area contributed by atoms with Gasteiger partial charge in [-0.3, -0.25) is 9.78 Å². The summed E-state index contributed by atoms with van der Waals surface area (Å²) in [5, 5.41) is 0. The molecular formula is C7H5BrF2N2O. The Balaban J connectivity index is 3.13. The van der Waals surface area contributed by atoms with Gasteiger partial charge in [0.05, 0.1) is 5.56 Å². The van der Waals surface area contributed by atoms with Crippen LogP contribution in [0, 0.1) is 0 Å². The van der Waals surface area contributed by atoms with Gasteiger partial charge in [0, 0.05) is 10.7 Å². The first-order valence-corrected chi connectivity index (χ1v) is 4.05. The minimum atomic E-state index is -2.67. The van der Waals surface area contributed by atoms with Crippen LogP contribution in [0.1, 0.15) is 22.5 Å². The van der Waals surface area contributed by atoms with Crippen LogP contribution < -0.4 is 5.73 Å². The molecule has 70 valence electrons. The lowest BCUT2D eigenvalue weighted by Gasteiger charge is -2.02. The predicted octanol–water partition coefficient (Wildman–Crippen LogP) is 1.88. The van der Waals surface area contributed by atoms with Crippen LogP contribution in [0.25, 0.3) is 0 Å². The molecule has 1 aromatic heterocycles. The topological polar surface area (TPSA) is 56.0 Å². The summed E-state index contributed by atoms with van der Waals surface area (Å²) >= 11 is 2.87. The number of primary amides is 1. The molecule has 3 nitrogen and oxygen atoms in total. The van der Waals surface area contributed by atoms with Gasteiger partial charge in [0.1, 0.15) is 5.69 Å². The molecule has 0 aliphatic heterocycles. The Morgan fingerprint density at radius 1 is 1.62 bits per heavy atom. The monoisotopic (exact) mass is 250 g/mol. The normalized spacial score (nSPS) is 10.5. The van der Waals surface area contributed by atoms with Crippen molar-refractivity contribution in [2.24, 2.45) is 5.73 Å². The van der Waals surface area contributed by atoms with Crippen molar-refractivity contribution in [2.45, 2.75) is 6.43 Å². The molecule has 0 saturated carbocycles. The largest absolute Gasteiger partial charge is 0.366 e. The van der Waals surface area contributed by atoms with Crippen molar-refractivity contribution >= 4 is 21.8 Å². The van der Waals surface area contributed by atoms with Gasteiger partial charge in [0.2, 0.25) is 5.91 Å². The number of amides is 1. The lowest BCUT2D eigenvalue weighted by Crippen LogP contribution is -2.11. The lowest BCUT2D eigenvalue weighted by molar-refractivity contribution is 0.0999. The molecule has 13 heavy (non-hydrogen) atoms. The first-order valence-electron chi connectivity index (χ1n) is 3.25. The van der Waals surface area contributed by atoms with E-state index >= 15 is 0 Å². The average Bonchev–Trinajstić information content (AvgIpc) is 2.03. The number of nitrogens with two attached hydrogens (primary N) is 1. The van der Waals surface area contributed by atoms with Gasteiger partial charge in [-0.1, -0.05) is 0 Å². The maximum atomic E-state index is 12.2. The number of aromatic nitrogens is 1. The van der Waals surface area contributed by atoms with E-state index in [4.69, 9.17) is 5.73 Å². The van der Waals surface area contributed by atoms with Gasteiger partial charge < -0.3 is 5.73 Å². The van der Waals surface area contributed by atoms with Crippen molar-refractivity contribution < 1.29 is 13.6 Å². The number of carbonyl (C=O) groups is 1. The number of nitrogens with zero attached hydrogens (tertiary/aromatic N) is 1. The quantitative estimate of drug-likeness (QED) is 0.872. The maximum absolute atomic E-state index is 12.2. The van der Waals surface area contributed by atoms with Crippen molar-refractivity contribution in [3.63, 3.8) is 0 Å². The van der Waals surface area contributed by atoms with Crippen LogP contribution in [0.3, 0.4) is 0 Å². The average molecular weight is 251 g/mol. The summed E-state index contributed by atoms with van der Waals surface area (Å²) in [6.45, 7) is 0. The minimum absolute atomic E-state index is 0.0822. The molecule has 1 amide bonds. The smallest absolute Gasteiger partial charge is 0.281 e. The van der Waals surface area contributed by atoms with E-state index in [1.54, 1.807) is 0 Å². The molecule has 0 radical (unpaired) electrons. The molecule has 0 aromatic carbocycles. The molecule has 0 fully saturated rings. The minimum Gasteiger partial charge on any atom is -0.366 e. The zero-order valence-electron chi connectivity index (χ0n) is 6.30. The second-order valence-corrected chi connectivity index (χ2v) is 3.11. The Morgan fingerprint density at radius 3 is 2.62 bits per heavy atom. The highest BCUT2D eigenvalue weighted by molar-refractivity contribution is 9.10. The van der Waals surface area contributed by atoms with Crippen LogP contribution in [0.2, 0.25) is 0 Å². The Labute approximate surface area is 81.1 Å². The van der Waals surface area contributed by atoms with Crippen molar-refractivity contribution in [1.29, 1.82) is 0 Å². The molecule has 0 spiro atoms. The Bertz CT molecular complexity index is 343. The SMILES string of the molecule is NC(=O)c1cnc(C(F)F)c(Br)c1. The standard InChI is InChI=1S/C7H5BrF2N2O/c8-4-1-3(7(11)13)2-12-5(4)6(9)10/h1-2,6H,(H2,11,13). The molecular weight excluding hydrogens is 246 g/mol. The van der Waals surface area contributed by atoms with Crippen LogP contribution in [0.15, 0.2) is 16.7 Å². The number of pyridine rings is 1. The van der Waals surface area contributed by atoms with Crippen molar-refractivity contribution in [2.75, 3.05) is 0 Å². The second kappa shape index (κ2) is 3.78. The van der Waals surface area contributed by atoms with Crippen LogP contribution in [0.4, 0.5) is 8.78 Å². The Kier molecular flexibility index (Phi) is 2.92. The summed E-state index contributed by atoms with van der Waals surface area (Å²) in [5.74, 6) is -0.700. The van der Waals surface area contributed by atoms with Gasteiger partial charge in [0.15, 0.2) is 0 Å². The molecule has 1 aromatic rings. The molecule has 6 heteroatoms. The van der Waals surface area contributed by atoms with E-state index in [9.17, 15) is 13.6 Å². The maximum Gasteiger partial charge on any atom is 0.281 e. The number of rotatable bonds is 2. The lowest BCUT2D eigenvalue weighted by atomic mass is 10.2. The summed E-state index contributed by atoms with van der Waals surface area (Å²) in [7, 11) is 0. The third-order valence-electron chi connectivity index (χ3n) is 1.36. The van der Waals surface area contributed by atoms with Gasteiger partial charge >= 0.3 is 0 Å². The zero-order valence-corrected chi connectivity index (χ0v) is 7.88. The zero-order chi connectivity index (χ0) is 10.0. The molecule has 1 heterocycles. The number of hydrogen-bond donors (Lipinski definition) is 1. The van der Waals surface area contributed by atoms with E-state index < -0.39 is 18.0 Å². The second-order valence-electron chi connectivity index (χ2n) is 2.26. The first kappa shape index (κ1) is 10.0. The highest BCUT2D eigenvalue weighted by atomic mass is 79.9. The summed E-state index contributed by atoms with van der Waals surface area (Å²) in [4.78, 5) is 14.0. The number of carbonyl (C=O) groups excluding carboxylic acids is 1. The first-order chi connectivity index (χ1) is 6.02. The molecule has 0 atom stereocenters. The molecule has 2 N–H and O–H groups in total. The van der Waals surface area contributed by atoms with Gasteiger partial charge in [0.25, 0.3) is 6.43 Å². The van der Waals surface area contributed by atoms with Crippen molar-refractivity contribution in [3.8, 4) is 0 Å². The van der Waals surface area contributed by atoms with Gasteiger partial charge in [-0.2, -0.15) is 0 Å². The van der Waals surface area contributed by atoms with E-state index in [1.807, 2.05) is 0 Å². The van der Waals surface area contributed by atoms with Gasteiger partial charge in [-0.15, -0.1) is 0 Å². The number of halogens is 3. The van der Waals surface area contributed by atoms with Crippen LogP contribution in [-0.2, 0) is 0 Å². The Hall–Kier alpha value is -1.04. The van der Waals surface area contributed by atoms with Gasteiger partial charge in [-0.05, 0) is 22.0 Å². The third-order valence-corrected chi connectivity index (χ3v) is 2.00. The summed E-state index contributed by atoms with van der Waals surface area (Å²) in [5.41, 5.74) is 4.62. The Morgan fingerprint density at radius 2 is 2.23 bits per heavy atom. The van der Waals surface area contributed by atoms with E-state index in [2.05, 4.69) is 20.9 Å². The van der Waals surface area contributed by atoms with E-state index in [0.717, 1.165) is 6.20 Å². The predicted molar refractivity (Wildman–Crippen MR) is 45.4 cm³/mol.